The normalized spacial score (nSPS) is 21.8. The molecule has 0 bridgehead atoms. The number of rotatable bonds is 0. The molecule has 1 aliphatic rings. The van der Waals surface area contributed by atoms with E-state index < -0.39 is 0 Å². The summed E-state index contributed by atoms with van der Waals surface area (Å²) in [5.41, 5.74) is 0. The molecule has 0 N–H and O–H groups in total. The van der Waals surface area contributed by atoms with Gasteiger partial charge >= 0.3 is 0 Å². The van der Waals surface area contributed by atoms with E-state index in [0.29, 0.717) is 0 Å². The lowest BCUT2D eigenvalue weighted by Gasteiger charge is -2.11. The van der Waals surface area contributed by atoms with Gasteiger partial charge in [-0.1, -0.05) is 13.8 Å². The maximum Gasteiger partial charge on any atom is 0.0209 e. The van der Waals surface area contributed by atoms with Gasteiger partial charge in [-0.05, 0) is 20.0 Å². The molecule has 0 aromatic carbocycles. The second-order valence-electron chi connectivity index (χ2n) is 2.57. The maximum absolute atomic E-state index is 2.40. The van der Waals surface area contributed by atoms with Crippen LogP contribution in [0, 0.1) is 0 Å². The van der Waals surface area contributed by atoms with Gasteiger partial charge in [0, 0.05) is 42.5 Å². The topological polar surface area (TPSA) is 6.48 Å². The summed E-state index contributed by atoms with van der Waals surface area (Å²) < 4.78 is 2.36. The Morgan fingerprint density at radius 3 is 2.27 bits per heavy atom. The van der Waals surface area contributed by atoms with Gasteiger partial charge < -0.3 is 4.90 Å². The second kappa shape index (κ2) is 7.31. The fraction of sp³-hybridized carbons (Fsp3) is 1.00. The molecule has 11 heavy (non-hydrogen) atoms. The molecule has 0 amide bonds. The van der Waals surface area contributed by atoms with E-state index in [1.54, 1.807) is 0 Å². The van der Waals surface area contributed by atoms with Crippen LogP contribution >= 0.6 is 22.9 Å². The molecule has 0 atom stereocenters. The third-order valence-corrected chi connectivity index (χ3v) is 2.63. The van der Waals surface area contributed by atoms with Crippen molar-refractivity contribution in [1.29, 1.82) is 0 Å². The Morgan fingerprint density at radius 2 is 1.64 bits per heavy atom. The third kappa shape index (κ3) is 5.87. The van der Waals surface area contributed by atoms with Crippen LogP contribution < -0.4 is 0 Å². The molecule has 1 heterocycles. The van der Waals surface area contributed by atoms with Crippen molar-refractivity contribution in [2.24, 2.45) is 0 Å². The first-order chi connectivity index (χ1) is 5.29. The Labute approximate surface area is 84.4 Å². The Hall–Kier alpha value is 0.650. The van der Waals surface area contributed by atoms with Crippen LogP contribution in [0.2, 0.25) is 0 Å². The first kappa shape index (κ1) is 11.6. The van der Waals surface area contributed by atoms with E-state index in [0.717, 1.165) is 0 Å². The smallest absolute Gasteiger partial charge is 0.0209 e. The van der Waals surface area contributed by atoms with Crippen LogP contribution in [0.5, 0.6) is 0 Å². The summed E-state index contributed by atoms with van der Waals surface area (Å²) in [5, 5.41) is 0. The molecule has 2 nitrogen and oxygen atoms in total. The summed E-state index contributed by atoms with van der Waals surface area (Å²) in [6.45, 7) is 8.96. The van der Waals surface area contributed by atoms with Gasteiger partial charge in [0.25, 0.3) is 0 Å². The molecule has 0 spiro atoms. The minimum Gasteiger partial charge on any atom is -0.305 e. The number of hydrogen-bond acceptors (Lipinski definition) is 2. The van der Waals surface area contributed by atoms with Gasteiger partial charge in [0.05, 0.1) is 0 Å². The largest absolute Gasteiger partial charge is 0.305 e. The van der Waals surface area contributed by atoms with E-state index in [1.807, 2.05) is 13.8 Å². The van der Waals surface area contributed by atoms with Gasteiger partial charge in [-0.3, -0.25) is 0 Å². The predicted octanol–water partition coefficient (Wildman–Crippen LogP) is 2.00. The zero-order valence-electron chi connectivity index (χ0n) is 7.81. The lowest BCUT2D eigenvalue weighted by Crippen LogP contribution is -2.22. The van der Waals surface area contributed by atoms with Crippen molar-refractivity contribution < 1.29 is 0 Å². The predicted molar refractivity (Wildman–Crippen MR) is 59.1 cm³/mol. The highest BCUT2D eigenvalue weighted by atomic mass is 127. The lowest BCUT2D eigenvalue weighted by atomic mass is 10.4. The van der Waals surface area contributed by atoms with Crippen molar-refractivity contribution in [3.8, 4) is 0 Å². The molecule has 0 unspecified atom stereocenters. The average molecular weight is 270 g/mol. The van der Waals surface area contributed by atoms with Gasteiger partial charge in [-0.2, -0.15) is 0 Å². The van der Waals surface area contributed by atoms with E-state index in [-0.39, 0.29) is 0 Å². The van der Waals surface area contributed by atoms with Crippen molar-refractivity contribution >= 4 is 22.9 Å². The standard InChI is InChI=1S/C6H13IN2.C2H6/c1-8-3-2-4-9(7)6-5-8;1-2/h2-6H2,1H3;1-2H3. The first-order valence-corrected chi connectivity index (χ1v) is 5.35. The van der Waals surface area contributed by atoms with Gasteiger partial charge in [0.2, 0.25) is 0 Å². The van der Waals surface area contributed by atoms with Crippen LogP contribution in [0.25, 0.3) is 0 Å². The number of hydrogen-bond donors (Lipinski definition) is 0. The third-order valence-electron chi connectivity index (χ3n) is 1.66. The van der Waals surface area contributed by atoms with E-state index >= 15 is 0 Å². The van der Waals surface area contributed by atoms with Crippen molar-refractivity contribution in [3.05, 3.63) is 0 Å². The summed E-state index contributed by atoms with van der Waals surface area (Å²) in [6, 6.07) is 0. The lowest BCUT2D eigenvalue weighted by molar-refractivity contribution is 0.354. The summed E-state index contributed by atoms with van der Waals surface area (Å²) in [4.78, 5) is 2.39. The number of nitrogens with zero attached hydrogens (tertiary/aromatic N) is 2. The molecule has 0 saturated carbocycles. The van der Waals surface area contributed by atoms with E-state index in [1.165, 1.54) is 32.6 Å². The minimum atomic E-state index is 1.22. The maximum atomic E-state index is 2.40. The molecule has 1 fully saturated rings. The highest BCUT2D eigenvalue weighted by Gasteiger charge is 2.07. The molecule has 1 saturated heterocycles. The molecule has 0 aromatic rings. The van der Waals surface area contributed by atoms with Crippen molar-refractivity contribution in [1.82, 2.24) is 8.01 Å². The van der Waals surface area contributed by atoms with E-state index in [2.05, 4.69) is 37.9 Å². The summed E-state index contributed by atoms with van der Waals surface area (Å²) in [5.74, 6) is 0. The molecule has 0 aromatic heterocycles. The second-order valence-corrected chi connectivity index (χ2v) is 3.93. The fourth-order valence-corrected chi connectivity index (χ4v) is 1.57. The molecule has 3 heteroatoms. The highest BCUT2D eigenvalue weighted by Crippen LogP contribution is 2.04. The van der Waals surface area contributed by atoms with Crippen LogP contribution in [0.3, 0.4) is 0 Å². The minimum absolute atomic E-state index is 1.22. The van der Waals surface area contributed by atoms with Crippen LogP contribution in [-0.2, 0) is 0 Å². The highest BCUT2D eigenvalue weighted by molar-refractivity contribution is 14.1. The first-order valence-electron chi connectivity index (χ1n) is 4.38. The summed E-state index contributed by atoms with van der Waals surface area (Å²) in [6.07, 6.45) is 1.32. The van der Waals surface area contributed by atoms with Gasteiger partial charge in [0.1, 0.15) is 0 Å². The van der Waals surface area contributed by atoms with Gasteiger partial charge in [-0.25, -0.2) is 3.11 Å². The summed E-state index contributed by atoms with van der Waals surface area (Å²) in [7, 11) is 2.19. The molecule has 68 valence electrons. The Morgan fingerprint density at radius 1 is 1.00 bits per heavy atom. The Kier molecular flexibility index (Phi) is 7.74. The van der Waals surface area contributed by atoms with Crippen LogP contribution in [0.4, 0.5) is 0 Å². The molecule has 1 aliphatic heterocycles. The quantitative estimate of drug-likeness (QED) is 0.490. The van der Waals surface area contributed by atoms with Gasteiger partial charge in [-0.15, -0.1) is 0 Å². The average Bonchev–Trinajstić information content (AvgIpc) is 2.20. The van der Waals surface area contributed by atoms with Crippen LogP contribution in [-0.4, -0.2) is 41.2 Å². The van der Waals surface area contributed by atoms with Crippen LogP contribution in [0.15, 0.2) is 0 Å². The summed E-state index contributed by atoms with van der Waals surface area (Å²) >= 11 is 2.40. The monoisotopic (exact) mass is 270 g/mol. The molecule has 0 aliphatic carbocycles. The van der Waals surface area contributed by atoms with E-state index in [9.17, 15) is 0 Å². The van der Waals surface area contributed by atoms with Crippen molar-refractivity contribution in [3.63, 3.8) is 0 Å². The van der Waals surface area contributed by atoms with Crippen LogP contribution in [0.1, 0.15) is 20.3 Å². The number of likely N-dealkylation sites (N-methyl/N-ethyl adjacent to an activating group) is 1. The molecule has 1 rings (SSSR count). The Balaban J connectivity index is 0.000000461. The molecule has 0 radical (unpaired) electrons. The zero-order chi connectivity index (χ0) is 8.69. The molecular weight excluding hydrogens is 251 g/mol. The fourth-order valence-electron chi connectivity index (χ4n) is 1.02. The molecular formula is C8H19IN2. The van der Waals surface area contributed by atoms with Crippen molar-refractivity contribution in [2.45, 2.75) is 20.3 Å². The van der Waals surface area contributed by atoms with E-state index in [4.69, 9.17) is 0 Å². The Bertz CT molecular complexity index is 78.2. The SMILES string of the molecule is CC.CN1CCCN(I)CC1. The van der Waals surface area contributed by atoms with Crippen molar-refractivity contribution in [2.75, 3.05) is 33.2 Å². The zero-order valence-corrected chi connectivity index (χ0v) is 9.97. The van der Waals surface area contributed by atoms with Gasteiger partial charge in [0.15, 0.2) is 0 Å². The number of halogens is 1.